The van der Waals surface area contributed by atoms with E-state index < -0.39 is 0 Å². The molecule has 0 aromatic carbocycles. The maximum absolute atomic E-state index is 6.26. The molecule has 2 atom stereocenters. The minimum Gasteiger partial charge on any atom is -0.371 e. The van der Waals surface area contributed by atoms with Crippen LogP contribution in [0, 0.1) is 0 Å². The fraction of sp³-hybridized carbons (Fsp3) is 0.583. The molecule has 2 saturated heterocycles. The second-order valence-electron chi connectivity index (χ2n) is 4.72. The third kappa shape index (κ3) is 2.12. The van der Waals surface area contributed by atoms with Gasteiger partial charge in [-0.25, -0.2) is 4.98 Å². The number of nitrogens with zero attached hydrogens (tertiary/aromatic N) is 2. The molecule has 0 spiro atoms. The van der Waals surface area contributed by atoms with Crippen LogP contribution in [0.4, 0.5) is 5.82 Å². The molecule has 2 unspecified atom stereocenters. The second-order valence-corrected chi connectivity index (χ2v) is 5.12. The van der Waals surface area contributed by atoms with Crippen LogP contribution in [-0.4, -0.2) is 30.3 Å². The van der Waals surface area contributed by atoms with E-state index in [4.69, 9.17) is 22.1 Å². The van der Waals surface area contributed by atoms with E-state index in [2.05, 4.69) is 9.88 Å². The molecule has 4 nitrogen and oxygen atoms in total. The van der Waals surface area contributed by atoms with E-state index in [0.717, 1.165) is 37.3 Å². The molecule has 0 radical (unpaired) electrons. The zero-order chi connectivity index (χ0) is 11.8. The third-order valence-electron chi connectivity index (χ3n) is 3.46. The number of hydrogen-bond acceptors (Lipinski definition) is 4. The molecule has 1 aromatic heterocycles. The van der Waals surface area contributed by atoms with E-state index in [1.54, 1.807) is 6.20 Å². The number of hydrogen-bond donors (Lipinski definition) is 1. The van der Waals surface area contributed by atoms with E-state index in [0.29, 0.717) is 23.8 Å². The van der Waals surface area contributed by atoms with Crippen molar-refractivity contribution >= 4 is 17.4 Å². The fourth-order valence-electron chi connectivity index (χ4n) is 2.60. The van der Waals surface area contributed by atoms with Crippen LogP contribution in [0.15, 0.2) is 12.3 Å². The standard InChI is InChI=1S/C12H16ClN3O/c13-11-3-8(4-14)5-15-12(11)16-6-9-1-2-10(7-16)17-9/h3,5,9-10H,1-2,4,6-7,14H2. The number of fused-ring (bicyclic) bond motifs is 2. The van der Waals surface area contributed by atoms with Crippen molar-refractivity contribution in [2.45, 2.75) is 31.6 Å². The molecule has 0 aliphatic carbocycles. The van der Waals surface area contributed by atoms with Crippen molar-refractivity contribution in [1.29, 1.82) is 0 Å². The highest BCUT2D eigenvalue weighted by molar-refractivity contribution is 6.33. The first-order chi connectivity index (χ1) is 8.26. The Bertz CT molecular complexity index is 414. The van der Waals surface area contributed by atoms with E-state index >= 15 is 0 Å². The van der Waals surface area contributed by atoms with Crippen molar-refractivity contribution < 1.29 is 4.74 Å². The molecule has 2 bridgehead atoms. The predicted octanol–water partition coefficient (Wildman–Crippen LogP) is 1.56. The highest BCUT2D eigenvalue weighted by atomic mass is 35.5. The summed E-state index contributed by atoms with van der Waals surface area (Å²) in [4.78, 5) is 6.66. The van der Waals surface area contributed by atoms with Crippen molar-refractivity contribution in [2.75, 3.05) is 18.0 Å². The van der Waals surface area contributed by atoms with Gasteiger partial charge in [0.05, 0.1) is 17.2 Å². The van der Waals surface area contributed by atoms with Crippen LogP contribution in [-0.2, 0) is 11.3 Å². The van der Waals surface area contributed by atoms with Gasteiger partial charge < -0.3 is 15.4 Å². The lowest BCUT2D eigenvalue weighted by atomic mass is 10.2. The first-order valence-electron chi connectivity index (χ1n) is 6.01. The van der Waals surface area contributed by atoms with Gasteiger partial charge in [-0.2, -0.15) is 0 Å². The van der Waals surface area contributed by atoms with Crippen molar-refractivity contribution in [3.63, 3.8) is 0 Å². The highest BCUT2D eigenvalue weighted by Crippen LogP contribution is 2.32. The summed E-state index contributed by atoms with van der Waals surface area (Å²) in [7, 11) is 0. The van der Waals surface area contributed by atoms with Gasteiger partial charge in [0.2, 0.25) is 0 Å². The molecule has 2 aliphatic rings. The first kappa shape index (κ1) is 11.3. The average molecular weight is 254 g/mol. The SMILES string of the molecule is NCc1cnc(N2CC3CCC(C2)O3)c(Cl)c1. The Balaban J connectivity index is 1.84. The van der Waals surface area contributed by atoms with Crippen molar-refractivity contribution in [3.8, 4) is 0 Å². The third-order valence-corrected chi connectivity index (χ3v) is 3.74. The quantitative estimate of drug-likeness (QED) is 0.869. The van der Waals surface area contributed by atoms with Crippen molar-refractivity contribution in [1.82, 2.24) is 4.98 Å². The highest BCUT2D eigenvalue weighted by Gasteiger charge is 2.34. The minimum atomic E-state index is 0.348. The largest absolute Gasteiger partial charge is 0.371 e. The summed E-state index contributed by atoms with van der Waals surface area (Å²) < 4.78 is 5.80. The second kappa shape index (κ2) is 4.44. The monoisotopic (exact) mass is 253 g/mol. The summed E-state index contributed by atoms with van der Waals surface area (Å²) in [5.74, 6) is 0.865. The fourth-order valence-corrected chi connectivity index (χ4v) is 2.91. The van der Waals surface area contributed by atoms with Crippen molar-refractivity contribution in [3.05, 3.63) is 22.8 Å². The van der Waals surface area contributed by atoms with Crippen LogP contribution in [0.1, 0.15) is 18.4 Å². The number of anilines is 1. The predicted molar refractivity (Wildman–Crippen MR) is 67.2 cm³/mol. The molecule has 2 aliphatic heterocycles. The Morgan fingerprint density at radius 2 is 2.12 bits per heavy atom. The maximum atomic E-state index is 6.26. The smallest absolute Gasteiger partial charge is 0.147 e. The van der Waals surface area contributed by atoms with Crippen LogP contribution in [0.3, 0.4) is 0 Å². The molecule has 5 heteroatoms. The lowest BCUT2D eigenvalue weighted by Gasteiger charge is -2.33. The summed E-state index contributed by atoms with van der Waals surface area (Å²) in [5, 5.41) is 0.689. The number of rotatable bonds is 2. The molecular weight excluding hydrogens is 238 g/mol. The molecular formula is C12H16ClN3O. The van der Waals surface area contributed by atoms with Gasteiger partial charge in [0.15, 0.2) is 0 Å². The van der Waals surface area contributed by atoms with E-state index in [1.807, 2.05) is 6.07 Å². The summed E-state index contributed by atoms with van der Waals surface area (Å²) in [6.45, 7) is 2.26. The van der Waals surface area contributed by atoms with Crippen LogP contribution < -0.4 is 10.6 Å². The number of morpholine rings is 1. The molecule has 0 amide bonds. The van der Waals surface area contributed by atoms with Crippen LogP contribution in [0.5, 0.6) is 0 Å². The van der Waals surface area contributed by atoms with Crippen LogP contribution in [0.25, 0.3) is 0 Å². The normalized spacial score (nSPS) is 27.5. The Morgan fingerprint density at radius 1 is 1.41 bits per heavy atom. The maximum Gasteiger partial charge on any atom is 0.147 e. The van der Waals surface area contributed by atoms with Gasteiger partial charge in [-0.3, -0.25) is 0 Å². The topological polar surface area (TPSA) is 51.4 Å². The van der Waals surface area contributed by atoms with E-state index in [9.17, 15) is 0 Å². The lowest BCUT2D eigenvalue weighted by molar-refractivity contribution is 0.0302. The minimum absolute atomic E-state index is 0.348. The molecule has 1 aromatic rings. The summed E-state index contributed by atoms with van der Waals surface area (Å²) >= 11 is 6.26. The number of ether oxygens (including phenoxy) is 1. The zero-order valence-electron chi connectivity index (χ0n) is 9.60. The Labute approximate surface area is 106 Å². The lowest BCUT2D eigenvalue weighted by Crippen LogP contribution is -2.43. The van der Waals surface area contributed by atoms with Crippen LogP contribution in [0.2, 0.25) is 5.02 Å². The molecule has 0 saturated carbocycles. The Hall–Kier alpha value is -0.840. The first-order valence-corrected chi connectivity index (χ1v) is 6.39. The van der Waals surface area contributed by atoms with Gasteiger partial charge in [0.1, 0.15) is 5.82 Å². The molecule has 3 rings (SSSR count). The number of nitrogens with two attached hydrogens (primary N) is 1. The number of pyridine rings is 1. The van der Waals surface area contributed by atoms with Gasteiger partial charge in [-0.05, 0) is 24.5 Å². The summed E-state index contributed by atoms with van der Waals surface area (Å²) in [5.41, 5.74) is 6.54. The summed E-state index contributed by atoms with van der Waals surface area (Å²) in [6, 6.07) is 1.90. The molecule has 17 heavy (non-hydrogen) atoms. The zero-order valence-corrected chi connectivity index (χ0v) is 10.4. The van der Waals surface area contributed by atoms with Crippen LogP contribution >= 0.6 is 11.6 Å². The van der Waals surface area contributed by atoms with Gasteiger partial charge in [-0.1, -0.05) is 11.6 Å². The van der Waals surface area contributed by atoms with Gasteiger partial charge in [-0.15, -0.1) is 0 Å². The molecule has 92 valence electrons. The Morgan fingerprint density at radius 3 is 2.71 bits per heavy atom. The van der Waals surface area contributed by atoms with Gasteiger partial charge in [0.25, 0.3) is 0 Å². The summed E-state index contributed by atoms with van der Waals surface area (Å²) in [6.07, 6.45) is 4.80. The van der Waals surface area contributed by atoms with Gasteiger partial charge in [0, 0.05) is 25.8 Å². The molecule has 2 N–H and O–H groups in total. The van der Waals surface area contributed by atoms with Gasteiger partial charge >= 0.3 is 0 Å². The van der Waals surface area contributed by atoms with E-state index in [-0.39, 0.29) is 0 Å². The molecule has 2 fully saturated rings. The Kier molecular flexibility index (Phi) is 2.94. The van der Waals surface area contributed by atoms with E-state index in [1.165, 1.54) is 0 Å². The van der Waals surface area contributed by atoms with Crippen molar-refractivity contribution in [2.24, 2.45) is 5.73 Å². The number of halogens is 1. The average Bonchev–Trinajstić information content (AvgIpc) is 2.68. The molecule has 3 heterocycles. The number of aromatic nitrogens is 1.